The number of thiophene rings is 1. The third-order valence-corrected chi connectivity index (χ3v) is 4.60. The standard InChI is InChI=1S/C16H20N2O2S/c1-12(10-14-4-3-8-20-14)17-16(19)18-7-2-5-15(18)13-6-9-21-11-13/h3-4,6,8-9,11-12,15H,2,5,7,10H2,1H3,(H,17,19)/t12-,15+/m1/s1. The fraction of sp³-hybridized carbons (Fsp3) is 0.438. The first-order chi connectivity index (χ1) is 10.2. The second kappa shape index (κ2) is 6.35. The summed E-state index contributed by atoms with van der Waals surface area (Å²) in [5.74, 6) is 0.901. The van der Waals surface area contributed by atoms with Gasteiger partial charge in [0.2, 0.25) is 0 Å². The van der Waals surface area contributed by atoms with E-state index in [0.29, 0.717) is 0 Å². The molecule has 1 fully saturated rings. The maximum atomic E-state index is 12.5. The lowest BCUT2D eigenvalue weighted by molar-refractivity contribution is 0.189. The fourth-order valence-corrected chi connectivity index (χ4v) is 3.60. The lowest BCUT2D eigenvalue weighted by Crippen LogP contribution is -2.44. The Bertz CT molecular complexity index is 565. The van der Waals surface area contributed by atoms with Crippen LogP contribution in [-0.4, -0.2) is 23.5 Å². The van der Waals surface area contributed by atoms with Crippen LogP contribution in [0.1, 0.15) is 37.1 Å². The molecule has 0 unspecified atom stereocenters. The first kappa shape index (κ1) is 14.2. The van der Waals surface area contributed by atoms with Gasteiger partial charge in [0.15, 0.2) is 0 Å². The van der Waals surface area contributed by atoms with Gasteiger partial charge in [-0.25, -0.2) is 4.79 Å². The van der Waals surface area contributed by atoms with Crippen molar-refractivity contribution in [2.75, 3.05) is 6.54 Å². The number of urea groups is 1. The molecule has 0 spiro atoms. The Morgan fingerprint density at radius 2 is 2.48 bits per heavy atom. The van der Waals surface area contributed by atoms with E-state index in [1.807, 2.05) is 24.0 Å². The number of nitrogens with zero attached hydrogens (tertiary/aromatic N) is 1. The molecule has 3 heterocycles. The van der Waals surface area contributed by atoms with Gasteiger partial charge in [-0.05, 0) is 54.3 Å². The minimum absolute atomic E-state index is 0.0303. The molecule has 0 radical (unpaired) electrons. The summed E-state index contributed by atoms with van der Waals surface area (Å²) in [5.41, 5.74) is 1.26. The number of rotatable bonds is 4. The van der Waals surface area contributed by atoms with E-state index >= 15 is 0 Å². The Balaban J connectivity index is 1.59. The summed E-state index contributed by atoms with van der Waals surface area (Å²) in [4.78, 5) is 14.4. The van der Waals surface area contributed by atoms with E-state index in [2.05, 4.69) is 22.1 Å². The normalized spacial score (nSPS) is 19.7. The Morgan fingerprint density at radius 3 is 3.19 bits per heavy atom. The number of nitrogens with one attached hydrogen (secondary N) is 1. The number of amides is 2. The van der Waals surface area contributed by atoms with E-state index in [-0.39, 0.29) is 18.1 Å². The van der Waals surface area contributed by atoms with Crippen LogP contribution in [0.2, 0.25) is 0 Å². The van der Waals surface area contributed by atoms with Crippen LogP contribution < -0.4 is 5.32 Å². The predicted molar refractivity (Wildman–Crippen MR) is 83.4 cm³/mol. The van der Waals surface area contributed by atoms with E-state index < -0.39 is 0 Å². The van der Waals surface area contributed by atoms with E-state index in [0.717, 1.165) is 31.6 Å². The summed E-state index contributed by atoms with van der Waals surface area (Å²) < 4.78 is 5.33. The van der Waals surface area contributed by atoms with Crippen LogP contribution in [0.4, 0.5) is 4.79 Å². The van der Waals surface area contributed by atoms with Gasteiger partial charge in [-0.2, -0.15) is 11.3 Å². The molecule has 2 atom stereocenters. The summed E-state index contributed by atoms with van der Waals surface area (Å²) in [6.45, 7) is 2.84. The second-order valence-corrected chi connectivity index (χ2v) is 6.32. The molecular weight excluding hydrogens is 284 g/mol. The second-order valence-electron chi connectivity index (χ2n) is 5.54. The number of furan rings is 1. The molecule has 3 rings (SSSR count). The molecular formula is C16H20N2O2S. The number of likely N-dealkylation sites (tertiary alicyclic amines) is 1. The quantitative estimate of drug-likeness (QED) is 0.933. The highest BCUT2D eigenvalue weighted by Gasteiger charge is 2.30. The van der Waals surface area contributed by atoms with Crippen LogP contribution in [0.25, 0.3) is 0 Å². The molecule has 4 nitrogen and oxygen atoms in total. The molecule has 21 heavy (non-hydrogen) atoms. The maximum Gasteiger partial charge on any atom is 0.318 e. The molecule has 1 N–H and O–H groups in total. The zero-order valence-electron chi connectivity index (χ0n) is 12.1. The molecule has 2 aromatic rings. The maximum absolute atomic E-state index is 12.5. The van der Waals surface area contributed by atoms with Gasteiger partial charge in [-0.1, -0.05) is 0 Å². The summed E-state index contributed by atoms with van der Waals surface area (Å²) in [6, 6.07) is 6.25. The van der Waals surface area contributed by atoms with Gasteiger partial charge in [-0.3, -0.25) is 0 Å². The third-order valence-electron chi connectivity index (χ3n) is 3.90. The van der Waals surface area contributed by atoms with Crippen LogP contribution in [0, 0.1) is 0 Å². The van der Waals surface area contributed by atoms with Gasteiger partial charge in [0.25, 0.3) is 0 Å². The van der Waals surface area contributed by atoms with Crippen molar-refractivity contribution < 1.29 is 9.21 Å². The van der Waals surface area contributed by atoms with Gasteiger partial charge in [0, 0.05) is 19.0 Å². The first-order valence-electron chi connectivity index (χ1n) is 7.35. The summed E-state index contributed by atoms with van der Waals surface area (Å²) in [6.07, 6.45) is 4.50. The zero-order chi connectivity index (χ0) is 14.7. The van der Waals surface area contributed by atoms with Gasteiger partial charge in [0.05, 0.1) is 12.3 Å². The number of carbonyl (C=O) groups excluding carboxylic acids is 1. The largest absolute Gasteiger partial charge is 0.469 e. The highest BCUT2D eigenvalue weighted by atomic mass is 32.1. The smallest absolute Gasteiger partial charge is 0.318 e. The van der Waals surface area contributed by atoms with E-state index in [1.165, 1.54) is 5.56 Å². The van der Waals surface area contributed by atoms with Gasteiger partial charge >= 0.3 is 6.03 Å². The molecule has 0 aliphatic carbocycles. The molecule has 5 heteroatoms. The van der Waals surface area contributed by atoms with Crippen molar-refractivity contribution in [2.24, 2.45) is 0 Å². The monoisotopic (exact) mass is 304 g/mol. The van der Waals surface area contributed by atoms with Gasteiger partial charge in [-0.15, -0.1) is 0 Å². The van der Waals surface area contributed by atoms with Crippen molar-refractivity contribution >= 4 is 17.4 Å². The first-order valence-corrected chi connectivity index (χ1v) is 8.30. The lowest BCUT2D eigenvalue weighted by atomic mass is 10.1. The fourth-order valence-electron chi connectivity index (χ4n) is 2.90. The van der Waals surface area contributed by atoms with Crippen LogP contribution in [0.3, 0.4) is 0 Å². The van der Waals surface area contributed by atoms with Gasteiger partial charge in [0.1, 0.15) is 5.76 Å². The molecule has 0 saturated carbocycles. The Labute approximate surface area is 128 Å². The molecule has 1 aliphatic rings. The van der Waals surface area contributed by atoms with Crippen LogP contribution in [0.5, 0.6) is 0 Å². The lowest BCUT2D eigenvalue weighted by Gasteiger charge is -2.26. The molecule has 0 aromatic carbocycles. The Kier molecular flexibility index (Phi) is 4.29. The van der Waals surface area contributed by atoms with Crippen molar-refractivity contribution in [1.82, 2.24) is 10.2 Å². The molecule has 1 aliphatic heterocycles. The minimum Gasteiger partial charge on any atom is -0.469 e. The van der Waals surface area contributed by atoms with Crippen LogP contribution in [0.15, 0.2) is 39.6 Å². The number of carbonyl (C=O) groups is 1. The van der Waals surface area contributed by atoms with E-state index in [9.17, 15) is 4.79 Å². The van der Waals surface area contributed by atoms with E-state index in [4.69, 9.17) is 4.42 Å². The minimum atomic E-state index is 0.0303. The zero-order valence-corrected chi connectivity index (χ0v) is 12.9. The van der Waals surface area contributed by atoms with Crippen LogP contribution >= 0.6 is 11.3 Å². The molecule has 2 aromatic heterocycles. The summed E-state index contributed by atoms with van der Waals surface area (Å²) in [5, 5.41) is 7.30. The highest BCUT2D eigenvalue weighted by Crippen LogP contribution is 2.32. The number of hydrogen-bond donors (Lipinski definition) is 1. The molecule has 1 saturated heterocycles. The van der Waals surface area contributed by atoms with Crippen LogP contribution in [-0.2, 0) is 6.42 Å². The van der Waals surface area contributed by atoms with Crippen molar-refractivity contribution in [3.05, 3.63) is 46.5 Å². The van der Waals surface area contributed by atoms with E-state index in [1.54, 1.807) is 17.6 Å². The predicted octanol–water partition coefficient (Wildman–Crippen LogP) is 3.82. The average molecular weight is 304 g/mol. The number of hydrogen-bond acceptors (Lipinski definition) is 3. The highest BCUT2D eigenvalue weighted by molar-refractivity contribution is 7.07. The molecule has 112 valence electrons. The van der Waals surface area contributed by atoms with Crippen molar-refractivity contribution in [1.29, 1.82) is 0 Å². The van der Waals surface area contributed by atoms with Crippen molar-refractivity contribution in [3.8, 4) is 0 Å². The third kappa shape index (κ3) is 3.29. The summed E-state index contributed by atoms with van der Waals surface area (Å²) >= 11 is 1.69. The summed E-state index contributed by atoms with van der Waals surface area (Å²) in [7, 11) is 0. The Hall–Kier alpha value is -1.75. The topological polar surface area (TPSA) is 45.5 Å². The van der Waals surface area contributed by atoms with Gasteiger partial charge < -0.3 is 14.6 Å². The molecule has 0 bridgehead atoms. The SMILES string of the molecule is C[C@H](Cc1ccco1)NC(=O)N1CCC[C@H]1c1ccsc1. The molecule has 2 amide bonds. The average Bonchev–Trinajstić information content (AvgIpc) is 3.20. The Morgan fingerprint density at radius 1 is 1.57 bits per heavy atom. The van der Waals surface area contributed by atoms with Crippen molar-refractivity contribution in [3.63, 3.8) is 0 Å². The van der Waals surface area contributed by atoms with Crippen molar-refractivity contribution in [2.45, 2.75) is 38.3 Å².